The van der Waals surface area contributed by atoms with Gasteiger partial charge in [0, 0.05) is 12.2 Å². The van der Waals surface area contributed by atoms with Gasteiger partial charge in [-0.15, -0.1) is 0 Å². The lowest BCUT2D eigenvalue weighted by Crippen LogP contribution is -2.58. The third kappa shape index (κ3) is 7.92. The van der Waals surface area contributed by atoms with Crippen LogP contribution >= 0.6 is 0 Å². The van der Waals surface area contributed by atoms with E-state index in [1.807, 2.05) is 19.1 Å². The molecule has 0 aromatic heterocycles. The van der Waals surface area contributed by atoms with Gasteiger partial charge in [-0.25, -0.2) is 14.5 Å². The van der Waals surface area contributed by atoms with E-state index >= 15 is 0 Å². The Morgan fingerprint density at radius 1 is 0.980 bits per heavy atom. The zero-order valence-corrected chi connectivity index (χ0v) is 28.1. The number of nitrogens with one attached hydrogen (secondary N) is 3. The number of imide groups is 1. The number of carboxylic acid groups (broad SMARTS) is 1. The molecule has 4 N–H and O–H groups in total. The van der Waals surface area contributed by atoms with E-state index in [0.29, 0.717) is 40.8 Å². The summed E-state index contributed by atoms with van der Waals surface area (Å²) in [7, 11) is 1.30. The summed E-state index contributed by atoms with van der Waals surface area (Å²) in [6.45, 7) is 1.71. The summed E-state index contributed by atoms with van der Waals surface area (Å²) in [5, 5.41) is 17.4. The van der Waals surface area contributed by atoms with Gasteiger partial charge in [-0.3, -0.25) is 19.3 Å². The number of nitrogens with zero attached hydrogens (tertiary/aromatic N) is 2. The second-order valence-electron chi connectivity index (χ2n) is 12.8. The first-order chi connectivity index (χ1) is 24.1. The Morgan fingerprint density at radius 2 is 1.63 bits per heavy atom. The van der Waals surface area contributed by atoms with Crippen molar-refractivity contribution in [3.05, 3.63) is 89.5 Å². The number of anilines is 2. The smallest absolute Gasteiger partial charge is 0.420 e. The third-order valence-corrected chi connectivity index (χ3v) is 9.18. The van der Waals surface area contributed by atoms with Crippen LogP contribution in [-0.2, 0) is 20.9 Å². The number of halogens is 3. The predicted molar refractivity (Wildman–Crippen MR) is 180 cm³/mol. The summed E-state index contributed by atoms with van der Waals surface area (Å²) < 4.78 is 50.0. The molecule has 2 aliphatic rings. The monoisotopic (exact) mass is 709 g/mol. The molecule has 51 heavy (non-hydrogen) atoms. The molecule has 3 aromatic rings. The summed E-state index contributed by atoms with van der Waals surface area (Å²) in [4.78, 5) is 66.8. The van der Waals surface area contributed by atoms with Gasteiger partial charge in [-0.1, -0.05) is 67.4 Å². The van der Waals surface area contributed by atoms with Crippen LogP contribution in [0.25, 0.3) is 0 Å². The van der Waals surface area contributed by atoms with E-state index in [0.717, 1.165) is 5.56 Å². The van der Waals surface area contributed by atoms with Crippen LogP contribution in [0, 0.1) is 12.8 Å². The van der Waals surface area contributed by atoms with Crippen LogP contribution in [0.4, 0.5) is 34.1 Å². The van der Waals surface area contributed by atoms with Crippen molar-refractivity contribution in [3.63, 3.8) is 0 Å². The number of methoxy groups -OCH3 is 1. The number of carbonyl (C=O) groups is 5. The number of aryl methyl sites for hydroxylation is 1. The quantitative estimate of drug-likeness (QED) is 0.153. The number of amides is 6. The molecule has 3 atom stereocenters. The largest absolute Gasteiger partial charge is 0.495 e. The molecule has 5 rings (SSSR count). The average molecular weight is 710 g/mol. The number of para-hydroxylation sites is 1. The Balaban J connectivity index is 1.42. The molecule has 2 fully saturated rings. The summed E-state index contributed by atoms with van der Waals surface area (Å²) in [5.41, 5.74) is -1.21. The summed E-state index contributed by atoms with van der Waals surface area (Å²) >= 11 is 0. The van der Waals surface area contributed by atoms with Crippen LogP contribution in [-0.4, -0.2) is 69.6 Å². The molecule has 270 valence electrons. The fourth-order valence-corrected chi connectivity index (χ4v) is 6.02. The molecule has 1 aliphatic heterocycles. The van der Waals surface area contributed by atoms with E-state index in [9.17, 15) is 42.3 Å². The van der Waals surface area contributed by atoms with E-state index in [-0.39, 0.29) is 29.3 Å². The van der Waals surface area contributed by atoms with Crippen molar-refractivity contribution < 1.29 is 47.0 Å². The van der Waals surface area contributed by atoms with E-state index in [2.05, 4.69) is 16.0 Å². The molecule has 1 unspecified atom stereocenters. The second kappa shape index (κ2) is 14.7. The van der Waals surface area contributed by atoms with Gasteiger partial charge in [0.15, 0.2) is 0 Å². The van der Waals surface area contributed by atoms with Crippen molar-refractivity contribution in [3.8, 4) is 5.75 Å². The van der Waals surface area contributed by atoms with Gasteiger partial charge < -0.3 is 25.8 Å². The molecule has 12 nitrogen and oxygen atoms in total. The molecule has 1 saturated heterocycles. The van der Waals surface area contributed by atoms with Crippen LogP contribution in [0.2, 0.25) is 0 Å². The molecule has 1 aliphatic carbocycles. The molecule has 0 spiro atoms. The number of hydrogen-bond acceptors (Lipinski definition) is 6. The van der Waals surface area contributed by atoms with Crippen LogP contribution in [0.5, 0.6) is 5.75 Å². The van der Waals surface area contributed by atoms with Crippen molar-refractivity contribution in [2.45, 2.75) is 69.9 Å². The molecule has 0 bridgehead atoms. The highest BCUT2D eigenvalue weighted by atomic mass is 19.4. The molecular formula is C36H38F3N5O7. The van der Waals surface area contributed by atoms with E-state index in [1.165, 1.54) is 25.3 Å². The number of ether oxygens (including phenoxy) is 1. The Hall–Kier alpha value is -5.60. The lowest BCUT2D eigenvalue weighted by Gasteiger charge is -2.33. The molecule has 1 heterocycles. The van der Waals surface area contributed by atoms with Crippen molar-refractivity contribution in [2.24, 2.45) is 5.92 Å². The Bertz CT molecular complexity index is 1820. The maximum atomic E-state index is 14.9. The van der Waals surface area contributed by atoms with Crippen LogP contribution < -0.4 is 20.7 Å². The average Bonchev–Trinajstić information content (AvgIpc) is 3.88. The lowest BCUT2D eigenvalue weighted by molar-refractivity contribution is -0.212. The van der Waals surface area contributed by atoms with E-state index in [4.69, 9.17) is 4.74 Å². The minimum absolute atomic E-state index is 0.0762. The zero-order valence-electron chi connectivity index (χ0n) is 28.1. The highest BCUT2D eigenvalue weighted by Crippen LogP contribution is 2.45. The first-order valence-corrected chi connectivity index (χ1v) is 16.2. The Morgan fingerprint density at radius 3 is 2.24 bits per heavy atom. The van der Waals surface area contributed by atoms with Crippen molar-refractivity contribution >= 4 is 41.2 Å². The predicted octanol–water partition coefficient (Wildman–Crippen LogP) is 6.23. The highest BCUT2D eigenvalue weighted by Gasteiger charge is 2.70. The first-order valence-electron chi connectivity index (χ1n) is 16.2. The number of alkyl halides is 3. The van der Waals surface area contributed by atoms with Gasteiger partial charge in [0.05, 0.1) is 25.3 Å². The van der Waals surface area contributed by atoms with Gasteiger partial charge in [-0.2, -0.15) is 13.2 Å². The van der Waals surface area contributed by atoms with Gasteiger partial charge in [0.1, 0.15) is 11.8 Å². The third-order valence-electron chi connectivity index (χ3n) is 9.18. The Labute approximate surface area is 291 Å². The first kappa shape index (κ1) is 36.7. The Kier molecular flexibility index (Phi) is 10.6. The molecular weight excluding hydrogens is 671 g/mol. The molecule has 0 radical (unpaired) electrons. The normalized spacial score (nSPS) is 18.6. The summed E-state index contributed by atoms with van der Waals surface area (Å²) in [6.07, 6.45) is -4.57. The second-order valence-corrected chi connectivity index (χ2v) is 12.8. The summed E-state index contributed by atoms with van der Waals surface area (Å²) in [5.74, 6) is -3.84. The maximum Gasteiger partial charge on any atom is 0.420 e. The van der Waals surface area contributed by atoms with E-state index in [1.54, 1.807) is 42.5 Å². The number of aliphatic carboxylic acids is 1. The number of urea groups is 2. The van der Waals surface area contributed by atoms with Crippen molar-refractivity contribution in [1.29, 1.82) is 0 Å². The van der Waals surface area contributed by atoms with Crippen LogP contribution in [0.15, 0.2) is 72.8 Å². The molecule has 1 saturated carbocycles. The van der Waals surface area contributed by atoms with Crippen molar-refractivity contribution in [2.75, 3.05) is 17.7 Å². The van der Waals surface area contributed by atoms with Gasteiger partial charge >= 0.3 is 24.2 Å². The number of carboxylic acids is 1. The number of carbonyl (C=O) groups excluding carboxylic acids is 4. The molecule has 6 amide bonds. The highest BCUT2D eigenvalue weighted by molar-refractivity contribution is 6.10. The number of benzene rings is 3. The fourth-order valence-electron chi connectivity index (χ4n) is 6.02. The standard InChI is InChI=1S/C36H38F3N5O7/c1-21-9-7-8-12-25(21)41-33(49)42-26-16-15-23(18-29(26)51-3)20-43-34(50)44(32(48)35(43,2)36(37,38)39)28(17-22-13-14-22)31(47)40-27(19-30(45)46)24-10-5-4-6-11-24/h4-12,15-16,18,22,27-28H,13-14,17,19-20H2,1-3H3,(H,40,47)(H,45,46)(H2,41,42,49)/t27-,28-,35?/m0/s1. The minimum Gasteiger partial charge on any atom is -0.495 e. The zero-order chi connectivity index (χ0) is 37.1. The maximum absolute atomic E-state index is 14.9. The fraction of sp³-hybridized carbons (Fsp3) is 0.361. The van der Waals surface area contributed by atoms with Crippen LogP contribution in [0.3, 0.4) is 0 Å². The lowest BCUT2D eigenvalue weighted by atomic mass is 9.97. The number of rotatable bonds is 13. The molecule has 3 aromatic carbocycles. The van der Waals surface area contributed by atoms with Gasteiger partial charge in [0.25, 0.3) is 5.91 Å². The van der Waals surface area contributed by atoms with Crippen LogP contribution in [0.1, 0.15) is 55.3 Å². The topological polar surface area (TPSA) is 157 Å². The molecule has 15 heteroatoms. The SMILES string of the molecule is COc1cc(CN2C(=O)N([C@@H](CC3CC3)C(=O)N[C@@H](CC(=O)O)c3ccccc3)C(=O)C2(C)C(F)(F)F)ccc1NC(=O)Nc1ccccc1C. The van der Waals surface area contributed by atoms with Gasteiger partial charge in [0.2, 0.25) is 11.4 Å². The van der Waals surface area contributed by atoms with E-state index < -0.39 is 66.6 Å². The number of hydrogen-bond donors (Lipinski definition) is 4. The minimum atomic E-state index is -5.25. The van der Waals surface area contributed by atoms with Crippen molar-refractivity contribution in [1.82, 2.24) is 15.1 Å². The summed E-state index contributed by atoms with van der Waals surface area (Å²) in [6, 6.07) is 14.7. The van der Waals surface area contributed by atoms with Gasteiger partial charge in [-0.05, 0) is 61.1 Å².